The van der Waals surface area contributed by atoms with Crippen molar-refractivity contribution < 1.29 is 8.83 Å². The van der Waals surface area contributed by atoms with Gasteiger partial charge in [0.2, 0.25) is 0 Å². The van der Waals surface area contributed by atoms with Crippen LogP contribution in [0.2, 0.25) is 0 Å². The fourth-order valence-corrected chi connectivity index (χ4v) is 4.94. The van der Waals surface area contributed by atoms with E-state index in [0.29, 0.717) is 0 Å². The maximum Gasteiger partial charge on any atom is 0.144 e. The summed E-state index contributed by atoms with van der Waals surface area (Å²) in [7, 11) is 0. The summed E-state index contributed by atoms with van der Waals surface area (Å²) in [5.41, 5.74) is 9.43. The molecule has 3 nitrogen and oxygen atoms in total. The van der Waals surface area contributed by atoms with Crippen LogP contribution in [-0.4, -0.2) is 4.98 Å². The standard InChI is InChI=1S/C31H27NO2/c1-18-13-21(31(3,4)5)14-19(2)29(18)28-15-20-17-32-25(16-27(20)33-28)24-11-8-10-23-22-9-6-7-12-26(22)34-30(23)24/h6-17H,1-5H3. The van der Waals surface area contributed by atoms with E-state index in [9.17, 15) is 0 Å². The molecule has 0 radical (unpaired) electrons. The average molecular weight is 446 g/mol. The van der Waals surface area contributed by atoms with Crippen LogP contribution in [-0.2, 0) is 5.41 Å². The highest BCUT2D eigenvalue weighted by atomic mass is 16.3. The minimum atomic E-state index is 0.110. The van der Waals surface area contributed by atoms with Gasteiger partial charge in [-0.05, 0) is 54.2 Å². The largest absolute Gasteiger partial charge is 0.456 e. The minimum absolute atomic E-state index is 0.110. The summed E-state index contributed by atoms with van der Waals surface area (Å²) in [5.74, 6) is 0.881. The Morgan fingerprint density at radius 3 is 2.24 bits per heavy atom. The fraction of sp³-hybridized carbons (Fsp3) is 0.194. The topological polar surface area (TPSA) is 39.2 Å². The number of hydrogen-bond acceptors (Lipinski definition) is 3. The summed E-state index contributed by atoms with van der Waals surface area (Å²) < 4.78 is 12.6. The third-order valence-corrected chi connectivity index (χ3v) is 6.73. The minimum Gasteiger partial charge on any atom is -0.456 e. The average Bonchev–Trinajstić information content (AvgIpc) is 3.38. The SMILES string of the molecule is Cc1cc(C(C)(C)C)cc(C)c1-c1cc2cnc(-c3cccc4c3oc3ccccc34)cc2o1. The number of rotatable bonds is 2. The highest BCUT2D eigenvalue weighted by Crippen LogP contribution is 2.38. The van der Waals surface area contributed by atoms with E-state index in [1.165, 1.54) is 16.7 Å². The fourth-order valence-electron chi connectivity index (χ4n) is 4.94. The lowest BCUT2D eigenvalue weighted by Gasteiger charge is -2.21. The van der Waals surface area contributed by atoms with E-state index in [4.69, 9.17) is 13.8 Å². The van der Waals surface area contributed by atoms with Crippen molar-refractivity contribution in [1.82, 2.24) is 4.98 Å². The molecule has 0 fully saturated rings. The molecule has 168 valence electrons. The molecule has 3 heterocycles. The number of pyridine rings is 1. The summed E-state index contributed by atoms with van der Waals surface area (Å²) >= 11 is 0. The van der Waals surface area contributed by atoms with Crippen LogP contribution in [0.1, 0.15) is 37.5 Å². The van der Waals surface area contributed by atoms with Crippen LogP contribution < -0.4 is 0 Å². The molecule has 3 aromatic carbocycles. The molecule has 3 aromatic heterocycles. The third kappa shape index (κ3) is 3.23. The van der Waals surface area contributed by atoms with E-state index in [0.717, 1.165) is 55.5 Å². The smallest absolute Gasteiger partial charge is 0.144 e. The Morgan fingerprint density at radius 2 is 1.47 bits per heavy atom. The van der Waals surface area contributed by atoms with Crippen LogP contribution in [0.25, 0.3) is 55.5 Å². The number of fused-ring (bicyclic) bond motifs is 4. The molecule has 0 aliphatic heterocycles. The third-order valence-electron chi connectivity index (χ3n) is 6.73. The second-order valence-corrected chi connectivity index (χ2v) is 10.2. The molecule has 3 heteroatoms. The Balaban J connectivity index is 1.48. The van der Waals surface area contributed by atoms with Gasteiger partial charge in [0.25, 0.3) is 0 Å². The molecule has 6 aromatic rings. The number of nitrogens with zero attached hydrogens (tertiary/aromatic N) is 1. The van der Waals surface area contributed by atoms with E-state index in [2.05, 4.69) is 77.1 Å². The number of aryl methyl sites for hydroxylation is 2. The van der Waals surface area contributed by atoms with Crippen molar-refractivity contribution in [3.63, 3.8) is 0 Å². The Labute approximate surface area is 199 Å². The van der Waals surface area contributed by atoms with Gasteiger partial charge in [-0.15, -0.1) is 0 Å². The molecule has 0 aliphatic carbocycles. The van der Waals surface area contributed by atoms with Gasteiger partial charge < -0.3 is 8.83 Å². The second-order valence-electron chi connectivity index (χ2n) is 10.2. The normalized spacial score (nSPS) is 12.3. The first-order valence-corrected chi connectivity index (χ1v) is 11.7. The lowest BCUT2D eigenvalue weighted by molar-refractivity contribution is 0.588. The monoisotopic (exact) mass is 445 g/mol. The lowest BCUT2D eigenvalue weighted by Crippen LogP contribution is -2.12. The van der Waals surface area contributed by atoms with Crippen LogP contribution in [0.5, 0.6) is 0 Å². The first-order chi connectivity index (χ1) is 16.3. The van der Waals surface area contributed by atoms with Crippen LogP contribution in [0.3, 0.4) is 0 Å². The number of para-hydroxylation sites is 2. The Bertz CT molecular complexity index is 1690. The number of hydrogen-bond donors (Lipinski definition) is 0. The summed E-state index contributed by atoms with van der Waals surface area (Å²) in [6, 6.07) is 23.0. The predicted molar refractivity (Wildman–Crippen MR) is 140 cm³/mol. The summed E-state index contributed by atoms with van der Waals surface area (Å²) in [6.07, 6.45) is 1.90. The van der Waals surface area contributed by atoms with Crippen molar-refractivity contribution in [2.24, 2.45) is 0 Å². The highest BCUT2D eigenvalue weighted by molar-refractivity contribution is 6.09. The van der Waals surface area contributed by atoms with Crippen molar-refractivity contribution >= 4 is 32.9 Å². The van der Waals surface area contributed by atoms with Gasteiger partial charge in [-0.3, -0.25) is 4.98 Å². The molecule has 6 rings (SSSR count). The zero-order valence-corrected chi connectivity index (χ0v) is 20.2. The molecule has 0 saturated carbocycles. The zero-order chi connectivity index (χ0) is 23.6. The molecule has 0 atom stereocenters. The Kier molecular flexibility index (Phi) is 4.47. The van der Waals surface area contributed by atoms with Crippen LogP contribution in [0.4, 0.5) is 0 Å². The first-order valence-electron chi connectivity index (χ1n) is 11.7. The quantitative estimate of drug-likeness (QED) is 0.267. The molecule has 0 amide bonds. The Hall–Kier alpha value is -3.85. The van der Waals surface area contributed by atoms with Gasteiger partial charge in [0.15, 0.2) is 0 Å². The van der Waals surface area contributed by atoms with Gasteiger partial charge in [0.05, 0.1) is 5.69 Å². The Morgan fingerprint density at radius 1 is 0.735 bits per heavy atom. The van der Waals surface area contributed by atoms with E-state index < -0.39 is 0 Å². The van der Waals surface area contributed by atoms with Crippen LogP contribution in [0, 0.1) is 13.8 Å². The molecule has 34 heavy (non-hydrogen) atoms. The van der Waals surface area contributed by atoms with Gasteiger partial charge in [-0.25, -0.2) is 0 Å². The van der Waals surface area contributed by atoms with Crippen molar-refractivity contribution in [3.05, 3.63) is 89.6 Å². The van der Waals surface area contributed by atoms with E-state index in [1.807, 2.05) is 30.5 Å². The van der Waals surface area contributed by atoms with Gasteiger partial charge in [-0.2, -0.15) is 0 Å². The second kappa shape index (κ2) is 7.33. The van der Waals surface area contributed by atoms with Crippen LogP contribution in [0.15, 0.2) is 81.8 Å². The molecule has 0 N–H and O–H groups in total. The zero-order valence-electron chi connectivity index (χ0n) is 20.2. The molecule has 0 aliphatic rings. The maximum absolute atomic E-state index is 6.40. The summed E-state index contributed by atoms with van der Waals surface area (Å²) in [5, 5.41) is 3.21. The van der Waals surface area contributed by atoms with Gasteiger partial charge >= 0.3 is 0 Å². The van der Waals surface area contributed by atoms with E-state index in [1.54, 1.807) is 0 Å². The summed E-state index contributed by atoms with van der Waals surface area (Å²) in [6.45, 7) is 11.1. The number of aromatic nitrogens is 1. The molecule has 0 saturated heterocycles. The van der Waals surface area contributed by atoms with E-state index >= 15 is 0 Å². The summed E-state index contributed by atoms with van der Waals surface area (Å²) in [4.78, 5) is 4.78. The molecular formula is C31H27NO2. The molecule has 0 spiro atoms. The van der Waals surface area contributed by atoms with Crippen molar-refractivity contribution in [2.75, 3.05) is 0 Å². The van der Waals surface area contributed by atoms with E-state index in [-0.39, 0.29) is 5.41 Å². The molecule has 0 bridgehead atoms. The maximum atomic E-state index is 6.40. The van der Waals surface area contributed by atoms with Crippen LogP contribution >= 0.6 is 0 Å². The van der Waals surface area contributed by atoms with Gasteiger partial charge in [0, 0.05) is 39.5 Å². The lowest BCUT2D eigenvalue weighted by atomic mass is 9.83. The number of furan rings is 2. The van der Waals surface area contributed by atoms with Crippen molar-refractivity contribution in [3.8, 4) is 22.6 Å². The predicted octanol–water partition coefficient (Wildman–Crippen LogP) is 8.98. The highest BCUT2D eigenvalue weighted by Gasteiger charge is 2.19. The van der Waals surface area contributed by atoms with Crippen molar-refractivity contribution in [1.29, 1.82) is 0 Å². The number of benzene rings is 3. The molecule has 0 unspecified atom stereocenters. The van der Waals surface area contributed by atoms with Gasteiger partial charge in [0.1, 0.15) is 22.5 Å². The first kappa shape index (κ1) is 20.7. The molecular weight excluding hydrogens is 418 g/mol. The van der Waals surface area contributed by atoms with Gasteiger partial charge in [-0.1, -0.05) is 63.2 Å². The van der Waals surface area contributed by atoms with Crippen molar-refractivity contribution in [2.45, 2.75) is 40.0 Å².